The zero-order valence-corrected chi connectivity index (χ0v) is 10.1. The minimum absolute atomic E-state index is 0.125. The summed E-state index contributed by atoms with van der Waals surface area (Å²) < 4.78 is 9.49. The van der Waals surface area contributed by atoms with Gasteiger partial charge in [-0.2, -0.15) is 0 Å². The molecule has 1 heterocycles. The van der Waals surface area contributed by atoms with E-state index in [9.17, 15) is 4.79 Å². The van der Waals surface area contributed by atoms with E-state index in [-0.39, 0.29) is 5.78 Å². The topological polar surface area (TPSA) is 38.7 Å². The maximum absolute atomic E-state index is 10.1. The molecule has 4 nitrogen and oxygen atoms in total. The molecule has 0 radical (unpaired) electrons. The first kappa shape index (κ1) is 13.6. The van der Waals surface area contributed by atoms with Gasteiger partial charge in [0.2, 0.25) is 0 Å². The van der Waals surface area contributed by atoms with Crippen molar-refractivity contribution >= 4 is 23.9 Å². The van der Waals surface area contributed by atoms with E-state index in [4.69, 9.17) is 4.74 Å². The highest BCUT2D eigenvalue weighted by Gasteiger charge is 2.03. The second-order valence-electron chi connectivity index (χ2n) is 3.98. The first-order chi connectivity index (χ1) is 6.45. The number of hydrogen-bond acceptors (Lipinski definition) is 4. The fraction of sp³-hybridized carbons (Fsp3) is 0.778. The van der Waals surface area contributed by atoms with Crippen molar-refractivity contribution in [2.24, 2.45) is 4.40 Å². The van der Waals surface area contributed by atoms with E-state index in [2.05, 4.69) is 25.5 Å². The summed E-state index contributed by atoms with van der Waals surface area (Å²) in [5.41, 5.74) is 0. The summed E-state index contributed by atoms with van der Waals surface area (Å²) in [4.78, 5) is 10.1. The number of rotatable bonds is 3. The van der Waals surface area contributed by atoms with E-state index in [0.29, 0.717) is 5.75 Å². The maximum atomic E-state index is 10.1. The first-order valence-electron chi connectivity index (χ1n) is 4.43. The lowest BCUT2D eigenvalue weighted by Gasteiger charge is -2.22. The van der Waals surface area contributed by atoms with Gasteiger partial charge in [-0.1, -0.05) is 0 Å². The first-order valence-corrected chi connectivity index (χ1v) is 5.37. The summed E-state index contributed by atoms with van der Waals surface area (Å²) in [6.07, 6.45) is 1.35. The molecule has 5 heteroatoms. The van der Waals surface area contributed by atoms with Crippen molar-refractivity contribution in [3.8, 4) is 0 Å². The Labute approximate surface area is 90.1 Å². The van der Waals surface area contributed by atoms with Crippen molar-refractivity contribution in [1.29, 1.82) is 0 Å². The summed E-state index contributed by atoms with van der Waals surface area (Å²) in [6.45, 7) is 1.93. The molecule has 0 N–H and O–H groups in total. The molecule has 1 rings (SSSR count). The molecule has 0 unspecified atom stereocenters. The summed E-state index contributed by atoms with van der Waals surface area (Å²) >= 11 is 1.30. The van der Waals surface area contributed by atoms with Crippen LogP contribution in [0.3, 0.4) is 0 Å². The van der Waals surface area contributed by atoms with Gasteiger partial charge >= 0.3 is 0 Å². The Morgan fingerprint density at radius 2 is 2.21 bits per heavy atom. The highest BCUT2D eigenvalue weighted by molar-refractivity contribution is 7.99. The molecule has 0 amide bonds. The third-order valence-electron chi connectivity index (χ3n) is 1.44. The van der Waals surface area contributed by atoms with Crippen LogP contribution in [0.4, 0.5) is 0 Å². The van der Waals surface area contributed by atoms with Crippen LogP contribution in [0, 0.1) is 0 Å². The number of ether oxygens (including phenoxy) is 1. The van der Waals surface area contributed by atoms with E-state index in [1.807, 2.05) is 0 Å². The lowest BCUT2D eigenvalue weighted by molar-refractivity contribution is -0.870. The Morgan fingerprint density at radius 3 is 2.36 bits per heavy atom. The van der Waals surface area contributed by atoms with Crippen LogP contribution in [0.1, 0.15) is 0 Å². The largest absolute Gasteiger partial charge is 0.379 e. The van der Waals surface area contributed by atoms with Crippen molar-refractivity contribution in [3.05, 3.63) is 0 Å². The van der Waals surface area contributed by atoms with E-state index in [0.717, 1.165) is 17.6 Å². The molecule has 0 spiro atoms. The Bertz CT molecular complexity index is 199. The Morgan fingerprint density at radius 1 is 1.57 bits per heavy atom. The predicted molar refractivity (Wildman–Crippen MR) is 60.7 cm³/mol. The minimum atomic E-state index is 0.125. The van der Waals surface area contributed by atoms with Gasteiger partial charge in [0.25, 0.3) is 0 Å². The maximum Gasteiger partial charge on any atom is 0.186 e. The number of hydrogen-bond donors (Lipinski definition) is 0. The number of methoxy groups -OCH3 is 1. The number of likely N-dealkylation sites (N-methyl/N-ethyl adjacent to an activating group) is 1. The van der Waals surface area contributed by atoms with Crippen LogP contribution in [0.5, 0.6) is 0 Å². The van der Waals surface area contributed by atoms with Gasteiger partial charge < -0.3 is 9.22 Å². The van der Waals surface area contributed by atoms with Gasteiger partial charge in [0.1, 0.15) is 6.54 Å². The summed E-state index contributed by atoms with van der Waals surface area (Å²) in [5, 5.41) is 0. The lowest BCUT2D eigenvalue weighted by atomic mass is 10.5. The molecule has 0 bridgehead atoms. The highest BCUT2D eigenvalue weighted by Crippen LogP contribution is 2.05. The molecule has 1 aliphatic heterocycles. The van der Waals surface area contributed by atoms with Gasteiger partial charge in [-0.25, -0.2) is 4.40 Å². The molecular formula is C9H19N2O2S+. The van der Waals surface area contributed by atoms with Crippen molar-refractivity contribution in [2.45, 2.75) is 0 Å². The van der Waals surface area contributed by atoms with Gasteiger partial charge in [0.05, 0.1) is 39.7 Å². The number of Topliss-reactive ketones (excluding diaryl/α,β-unsaturated/α-hetero) is 1. The quantitative estimate of drug-likeness (QED) is 0.516. The molecule has 0 aromatic rings. The van der Waals surface area contributed by atoms with Crippen LogP contribution < -0.4 is 0 Å². The molecule has 14 heavy (non-hydrogen) atoms. The average Bonchev–Trinajstić information content (AvgIpc) is 2.52. The summed E-state index contributed by atoms with van der Waals surface area (Å²) in [7, 11) is 8.19. The molecule has 0 saturated carbocycles. The van der Waals surface area contributed by atoms with E-state index in [1.165, 1.54) is 18.2 Å². The summed E-state index contributed by atoms with van der Waals surface area (Å²) in [5.74, 6) is 0.667. The monoisotopic (exact) mass is 219 g/mol. The standard InChI is InChI=1S/C6H16NO.C3H3NOS/c1-7(2,3)5-6-8-4;5-3-1-4-6-2-3/h5-6H2,1-4H3;1H,2H2/q+1;. The van der Waals surface area contributed by atoms with E-state index >= 15 is 0 Å². The fourth-order valence-electron chi connectivity index (χ4n) is 0.599. The molecule has 0 saturated heterocycles. The van der Waals surface area contributed by atoms with Crippen molar-refractivity contribution in [2.75, 3.05) is 47.2 Å². The fourth-order valence-corrected chi connectivity index (χ4v) is 1.07. The van der Waals surface area contributed by atoms with Crippen molar-refractivity contribution < 1.29 is 14.0 Å². The van der Waals surface area contributed by atoms with Crippen LogP contribution in [-0.4, -0.2) is 63.6 Å². The van der Waals surface area contributed by atoms with Crippen molar-refractivity contribution in [1.82, 2.24) is 0 Å². The second kappa shape index (κ2) is 6.98. The predicted octanol–water partition coefficient (Wildman–Crippen LogP) is 0.627. The minimum Gasteiger partial charge on any atom is -0.379 e. The van der Waals surface area contributed by atoms with Gasteiger partial charge in [-0.15, -0.1) is 0 Å². The third-order valence-corrected chi connectivity index (χ3v) is 2.11. The number of carbonyl (C=O) groups excluding carboxylic acids is 1. The number of nitrogens with zero attached hydrogens (tertiary/aromatic N) is 2. The van der Waals surface area contributed by atoms with E-state index < -0.39 is 0 Å². The van der Waals surface area contributed by atoms with Gasteiger partial charge in [-0.3, -0.25) is 4.79 Å². The zero-order valence-electron chi connectivity index (χ0n) is 9.32. The Hall–Kier alpha value is -0.390. The molecule has 0 atom stereocenters. The molecule has 82 valence electrons. The normalized spacial score (nSPS) is 15.3. The van der Waals surface area contributed by atoms with Gasteiger partial charge in [0, 0.05) is 7.11 Å². The van der Waals surface area contributed by atoms with Crippen LogP contribution in [0.15, 0.2) is 4.40 Å². The smallest absolute Gasteiger partial charge is 0.186 e. The Kier molecular flexibility index (Phi) is 6.78. The lowest BCUT2D eigenvalue weighted by Crippen LogP contribution is -2.37. The third kappa shape index (κ3) is 9.70. The van der Waals surface area contributed by atoms with Crippen molar-refractivity contribution in [3.63, 3.8) is 0 Å². The molecule has 0 aliphatic carbocycles. The number of ketones is 1. The van der Waals surface area contributed by atoms with Crippen LogP contribution >= 0.6 is 11.9 Å². The molecule has 1 aliphatic rings. The molecule has 0 aromatic carbocycles. The number of quaternary nitrogens is 1. The molecular weight excluding hydrogens is 200 g/mol. The molecule has 0 fully saturated rings. The molecule has 0 aromatic heterocycles. The van der Waals surface area contributed by atoms with Crippen LogP contribution in [-0.2, 0) is 9.53 Å². The zero-order chi connectivity index (χ0) is 11.0. The second-order valence-corrected chi connectivity index (χ2v) is 4.74. The summed E-state index contributed by atoms with van der Waals surface area (Å²) in [6, 6.07) is 0. The number of carbonyl (C=O) groups is 1. The van der Waals surface area contributed by atoms with Crippen LogP contribution in [0.25, 0.3) is 0 Å². The van der Waals surface area contributed by atoms with Gasteiger partial charge in [0.15, 0.2) is 5.78 Å². The van der Waals surface area contributed by atoms with Crippen LogP contribution in [0.2, 0.25) is 0 Å². The SMILES string of the molecule is COCC[N+](C)(C)C.O=C1C=NSC1. The average molecular weight is 219 g/mol. The van der Waals surface area contributed by atoms with E-state index in [1.54, 1.807) is 7.11 Å². The highest BCUT2D eigenvalue weighted by atomic mass is 32.2. The Balaban J connectivity index is 0.000000249. The van der Waals surface area contributed by atoms with Gasteiger partial charge in [-0.05, 0) is 11.9 Å².